The first-order valence-electron chi connectivity index (χ1n) is 9.76. The van der Waals surface area contributed by atoms with Crippen LogP contribution in [0.1, 0.15) is 37.9 Å². The number of nitrogens with one attached hydrogen (secondary N) is 1. The van der Waals surface area contributed by atoms with Crippen molar-refractivity contribution in [1.82, 2.24) is 5.32 Å². The van der Waals surface area contributed by atoms with E-state index in [0.717, 1.165) is 36.5 Å². The van der Waals surface area contributed by atoms with E-state index in [9.17, 15) is 13.6 Å². The maximum atomic E-state index is 13.7. The van der Waals surface area contributed by atoms with Crippen LogP contribution in [0.5, 0.6) is 0 Å². The topological polar surface area (TPSA) is 41.6 Å². The van der Waals surface area contributed by atoms with Crippen LogP contribution in [0.3, 0.4) is 0 Å². The molecular weight excluding hydrogens is 374 g/mol. The fourth-order valence-corrected chi connectivity index (χ4v) is 3.53. The number of anilines is 1. The van der Waals surface area contributed by atoms with E-state index >= 15 is 0 Å². The molecule has 0 saturated carbocycles. The molecule has 1 fully saturated rings. The third-order valence-corrected chi connectivity index (χ3v) is 4.89. The molecular formula is C23H26F2N2O2. The molecule has 3 atom stereocenters. The first-order valence-corrected chi connectivity index (χ1v) is 9.76. The lowest BCUT2D eigenvalue weighted by atomic mass is 10.1. The van der Waals surface area contributed by atoms with E-state index in [1.54, 1.807) is 0 Å². The van der Waals surface area contributed by atoms with Crippen molar-refractivity contribution in [2.24, 2.45) is 0 Å². The Bertz CT molecular complexity index is 890. The second-order valence-corrected chi connectivity index (χ2v) is 7.49. The van der Waals surface area contributed by atoms with Crippen molar-refractivity contribution in [2.45, 2.75) is 39.0 Å². The number of carbonyl (C=O) groups excluding carboxylic acids is 1. The highest BCUT2D eigenvalue weighted by Crippen LogP contribution is 2.24. The molecule has 1 aliphatic rings. The summed E-state index contributed by atoms with van der Waals surface area (Å²) in [4.78, 5) is 14.5. The lowest BCUT2D eigenvalue weighted by Crippen LogP contribution is -2.45. The zero-order chi connectivity index (χ0) is 21.0. The highest BCUT2D eigenvalue weighted by molar-refractivity contribution is 5.92. The van der Waals surface area contributed by atoms with Gasteiger partial charge in [0.1, 0.15) is 11.6 Å². The van der Waals surface area contributed by atoms with Gasteiger partial charge in [-0.05, 0) is 56.7 Å². The van der Waals surface area contributed by atoms with Crippen LogP contribution in [0.25, 0.3) is 6.08 Å². The number of benzene rings is 2. The number of morpholine rings is 1. The Kier molecular flexibility index (Phi) is 6.64. The zero-order valence-corrected chi connectivity index (χ0v) is 16.9. The number of hydrogen-bond acceptors (Lipinski definition) is 3. The highest BCUT2D eigenvalue weighted by Gasteiger charge is 2.22. The number of halogens is 2. The van der Waals surface area contributed by atoms with Crippen molar-refractivity contribution in [3.8, 4) is 0 Å². The lowest BCUT2D eigenvalue weighted by molar-refractivity contribution is -0.117. The predicted molar refractivity (Wildman–Crippen MR) is 111 cm³/mol. The normalized spacial score (nSPS) is 20.7. The van der Waals surface area contributed by atoms with Gasteiger partial charge in [0.15, 0.2) is 0 Å². The molecule has 0 aromatic heterocycles. The van der Waals surface area contributed by atoms with Crippen LogP contribution in [0.4, 0.5) is 14.5 Å². The molecule has 2 aromatic rings. The van der Waals surface area contributed by atoms with Crippen LogP contribution < -0.4 is 10.2 Å². The molecule has 2 aromatic carbocycles. The maximum Gasteiger partial charge on any atom is 0.244 e. The average Bonchev–Trinajstić information content (AvgIpc) is 2.66. The van der Waals surface area contributed by atoms with Gasteiger partial charge >= 0.3 is 0 Å². The van der Waals surface area contributed by atoms with Gasteiger partial charge in [-0.25, -0.2) is 8.78 Å². The summed E-state index contributed by atoms with van der Waals surface area (Å²) in [5.41, 5.74) is 2.23. The Morgan fingerprint density at radius 1 is 1.17 bits per heavy atom. The van der Waals surface area contributed by atoms with Crippen LogP contribution in [-0.4, -0.2) is 31.2 Å². The van der Waals surface area contributed by atoms with Gasteiger partial charge in [-0.1, -0.05) is 12.1 Å². The van der Waals surface area contributed by atoms with Gasteiger partial charge in [0, 0.05) is 36.5 Å². The molecule has 0 bridgehead atoms. The number of amides is 1. The van der Waals surface area contributed by atoms with Gasteiger partial charge in [-0.2, -0.15) is 0 Å². The number of ether oxygens (including phenoxy) is 1. The van der Waals surface area contributed by atoms with Gasteiger partial charge in [-0.3, -0.25) is 4.79 Å². The van der Waals surface area contributed by atoms with E-state index in [1.807, 2.05) is 19.1 Å². The van der Waals surface area contributed by atoms with E-state index in [4.69, 9.17) is 4.74 Å². The summed E-state index contributed by atoms with van der Waals surface area (Å²) in [5, 5.41) is 2.88. The second kappa shape index (κ2) is 9.18. The molecule has 0 aliphatic carbocycles. The van der Waals surface area contributed by atoms with Crippen LogP contribution in [0.15, 0.2) is 48.5 Å². The van der Waals surface area contributed by atoms with E-state index in [1.165, 1.54) is 18.2 Å². The molecule has 0 spiro atoms. The van der Waals surface area contributed by atoms with E-state index < -0.39 is 11.6 Å². The summed E-state index contributed by atoms with van der Waals surface area (Å²) < 4.78 is 32.4. The smallest absolute Gasteiger partial charge is 0.244 e. The van der Waals surface area contributed by atoms with Crippen LogP contribution in [0, 0.1) is 11.6 Å². The Morgan fingerprint density at radius 3 is 2.59 bits per heavy atom. The summed E-state index contributed by atoms with van der Waals surface area (Å²) in [5.74, 6) is -1.70. The van der Waals surface area contributed by atoms with Crippen molar-refractivity contribution >= 4 is 17.7 Å². The molecule has 154 valence electrons. The molecule has 1 heterocycles. The molecule has 1 aliphatic heterocycles. The lowest BCUT2D eigenvalue weighted by Gasteiger charge is -2.37. The van der Waals surface area contributed by atoms with E-state index in [-0.39, 0.29) is 29.7 Å². The third-order valence-electron chi connectivity index (χ3n) is 4.89. The number of hydrogen-bond donors (Lipinski definition) is 1. The van der Waals surface area contributed by atoms with Crippen LogP contribution in [0.2, 0.25) is 0 Å². The molecule has 1 N–H and O–H groups in total. The summed E-state index contributed by atoms with van der Waals surface area (Å²) in [6, 6.07) is 11.1. The Hall–Kier alpha value is -2.73. The van der Waals surface area contributed by atoms with Crippen molar-refractivity contribution < 1.29 is 18.3 Å². The molecule has 6 heteroatoms. The predicted octanol–water partition coefficient (Wildman–Crippen LogP) is 4.47. The van der Waals surface area contributed by atoms with Crippen molar-refractivity contribution in [1.29, 1.82) is 0 Å². The number of rotatable bonds is 5. The van der Waals surface area contributed by atoms with Crippen molar-refractivity contribution in [3.63, 3.8) is 0 Å². The quantitative estimate of drug-likeness (QED) is 0.753. The number of carbonyl (C=O) groups is 1. The average molecular weight is 400 g/mol. The summed E-state index contributed by atoms with van der Waals surface area (Å²) in [6.45, 7) is 7.66. The van der Waals surface area contributed by atoms with Crippen LogP contribution >= 0.6 is 0 Å². The minimum Gasteiger partial charge on any atom is -0.372 e. The van der Waals surface area contributed by atoms with Crippen LogP contribution in [-0.2, 0) is 9.53 Å². The highest BCUT2D eigenvalue weighted by atomic mass is 19.1. The minimum atomic E-state index is -0.705. The summed E-state index contributed by atoms with van der Waals surface area (Å²) >= 11 is 0. The number of nitrogens with zero attached hydrogens (tertiary/aromatic N) is 1. The van der Waals surface area contributed by atoms with E-state index in [2.05, 4.69) is 36.2 Å². The Labute approximate surface area is 170 Å². The monoisotopic (exact) mass is 400 g/mol. The molecule has 4 nitrogen and oxygen atoms in total. The Balaban J connectivity index is 1.65. The second-order valence-electron chi connectivity index (χ2n) is 7.49. The first kappa shape index (κ1) is 21.0. The van der Waals surface area contributed by atoms with Gasteiger partial charge in [-0.15, -0.1) is 0 Å². The zero-order valence-electron chi connectivity index (χ0n) is 16.9. The molecule has 29 heavy (non-hydrogen) atoms. The molecule has 1 saturated heterocycles. The van der Waals surface area contributed by atoms with Gasteiger partial charge in [0.2, 0.25) is 5.91 Å². The Morgan fingerprint density at radius 2 is 1.90 bits per heavy atom. The summed E-state index contributed by atoms with van der Waals surface area (Å²) in [6.07, 6.45) is 2.92. The van der Waals surface area contributed by atoms with Gasteiger partial charge in [0.25, 0.3) is 0 Å². The molecule has 0 unspecified atom stereocenters. The van der Waals surface area contributed by atoms with E-state index in [0.29, 0.717) is 0 Å². The fraction of sp³-hybridized carbons (Fsp3) is 0.348. The largest absolute Gasteiger partial charge is 0.372 e. The molecule has 1 amide bonds. The van der Waals surface area contributed by atoms with Crippen molar-refractivity contribution in [3.05, 3.63) is 71.3 Å². The molecule has 3 rings (SSSR count). The maximum absolute atomic E-state index is 13.7. The fourth-order valence-electron chi connectivity index (χ4n) is 3.53. The first-order chi connectivity index (χ1) is 13.8. The molecule has 0 radical (unpaired) electrons. The summed E-state index contributed by atoms with van der Waals surface area (Å²) in [7, 11) is 0. The van der Waals surface area contributed by atoms with Gasteiger partial charge in [0.05, 0.1) is 18.2 Å². The third kappa shape index (κ3) is 5.64. The van der Waals surface area contributed by atoms with Crippen molar-refractivity contribution in [2.75, 3.05) is 18.0 Å². The van der Waals surface area contributed by atoms with Gasteiger partial charge < -0.3 is 15.0 Å². The SMILES string of the molecule is C[C@@H]1CN(c2cccc([C@H](C)NC(=O)C=Cc3ccc(F)cc3F)c2)C[C@H](C)O1. The standard InChI is InChI=1S/C23H26F2N2O2/c1-15-13-27(14-16(2)29-15)21-6-4-5-19(11-21)17(3)26-23(28)10-8-18-7-9-20(24)12-22(18)25/h4-12,15-17H,13-14H2,1-3H3,(H,26,28)/t15-,16+,17-/m0/s1. The minimum absolute atomic E-state index is 0.159.